The lowest BCUT2D eigenvalue weighted by molar-refractivity contribution is 0.163. The highest BCUT2D eigenvalue weighted by Crippen LogP contribution is 2.29. The van der Waals surface area contributed by atoms with Gasteiger partial charge in [0.25, 0.3) is 0 Å². The molecule has 1 atom stereocenters. The molecule has 0 aromatic carbocycles. The summed E-state index contributed by atoms with van der Waals surface area (Å²) in [5.74, 6) is 1.31. The van der Waals surface area contributed by atoms with Gasteiger partial charge in [0.05, 0.1) is 6.61 Å². The van der Waals surface area contributed by atoms with E-state index in [1.54, 1.807) is 0 Å². The fourth-order valence-electron chi connectivity index (χ4n) is 2.75. The number of aliphatic hydroxyl groups excluding tert-OH is 1. The summed E-state index contributed by atoms with van der Waals surface area (Å²) in [5, 5.41) is 13.9. The maximum absolute atomic E-state index is 9.50. The van der Waals surface area contributed by atoms with Crippen molar-refractivity contribution in [3.63, 3.8) is 0 Å². The number of nitrogens with one attached hydrogen (secondary N) is 1. The van der Waals surface area contributed by atoms with Crippen molar-refractivity contribution in [3.05, 3.63) is 0 Å². The Morgan fingerprint density at radius 3 is 2.58 bits per heavy atom. The number of hydrogen-bond donors (Lipinski definition) is 2. The van der Waals surface area contributed by atoms with Gasteiger partial charge in [-0.1, -0.05) is 32.6 Å². The standard InChI is InChI=1S/C16H33NOS/c1-3-12-17-16(2,14-18)11-7-8-13-19-15-9-5-4-6-10-15/h15,17-18H,3-14H2,1-2H3. The van der Waals surface area contributed by atoms with Crippen LogP contribution in [0.25, 0.3) is 0 Å². The van der Waals surface area contributed by atoms with Crippen LogP contribution in [-0.2, 0) is 0 Å². The zero-order valence-corrected chi connectivity index (χ0v) is 13.7. The Labute approximate surface area is 124 Å². The van der Waals surface area contributed by atoms with Crippen molar-refractivity contribution < 1.29 is 5.11 Å². The number of aliphatic hydroxyl groups is 1. The Morgan fingerprint density at radius 2 is 1.95 bits per heavy atom. The predicted molar refractivity (Wildman–Crippen MR) is 87.0 cm³/mol. The van der Waals surface area contributed by atoms with Gasteiger partial charge in [-0.3, -0.25) is 0 Å². The molecule has 1 unspecified atom stereocenters. The number of rotatable bonds is 10. The summed E-state index contributed by atoms with van der Waals surface area (Å²) in [7, 11) is 0. The third-order valence-corrected chi connectivity index (χ3v) is 5.65. The molecule has 0 radical (unpaired) electrons. The molecule has 0 spiro atoms. The highest BCUT2D eigenvalue weighted by molar-refractivity contribution is 7.99. The minimum absolute atomic E-state index is 0.0640. The quantitative estimate of drug-likeness (QED) is 0.596. The van der Waals surface area contributed by atoms with Gasteiger partial charge in [-0.05, 0) is 51.3 Å². The summed E-state index contributed by atoms with van der Waals surface area (Å²) < 4.78 is 0. The van der Waals surface area contributed by atoms with Gasteiger partial charge in [0, 0.05) is 10.8 Å². The van der Waals surface area contributed by atoms with E-state index in [1.165, 1.54) is 50.7 Å². The molecule has 0 bridgehead atoms. The fourth-order valence-corrected chi connectivity index (χ4v) is 4.12. The van der Waals surface area contributed by atoms with Crippen LogP contribution in [0, 0.1) is 0 Å². The van der Waals surface area contributed by atoms with Crippen LogP contribution in [0.15, 0.2) is 0 Å². The van der Waals surface area contributed by atoms with Crippen molar-refractivity contribution in [3.8, 4) is 0 Å². The first-order valence-corrected chi connectivity index (χ1v) is 9.22. The SMILES string of the molecule is CCCNC(C)(CO)CCCCSC1CCCCC1. The molecule has 0 aliphatic heterocycles. The van der Waals surface area contributed by atoms with Gasteiger partial charge < -0.3 is 10.4 Å². The van der Waals surface area contributed by atoms with E-state index >= 15 is 0 Å². The van der Waals surface area contributed by atoms with E-state index in [-0.39, 0.29) is 12.1 Å². The van der Waals surface area contributed by atoms with Crippen molar-refractivity contribution in [2.24, 2.45) is 0 Å². The Kier molecular flexibility index (Phi) is 9.17. The second kappa shape index (κ2) is 10.1. The lowest BCUT2D eigenvalue weighted by Gasteiger charge is -2.29. The Bertz CT molecular complexity index is 219. The van der Waals surface area contributed by atoms with Crippen molar-refractivity contribution in [2.75, 3.05) is 18.9 Å². The molecule has 1 aliphatic rings. The smallest absolute Gasteiger partial charge is 0.0610 e. The Morgan fingerprint density at radius 1 is 1.21 bits per heavy atom. The summed E-state index contributed by atoms with van der Waals surface area (Å²) in [6, 6.07) is 0. The van der Waals surface area contributed by atoms with E-state index < -0.39 is 0 Å². The predicted octanol–water partition coefficient (Wildman–Crippen LogP) is 3.97. The molecular formula is C16H33NOS. The number of thioether (sulfide) groups is 1. The van der Waals surface area contributed by atoms with Crippen LogP contribution in [0.1, 0.15) is 71.6 Å². The summed E-state index contributed by atoms with van der Waals surface area (Å²) >= 11 is 2.19. The first-order valence-electron chi connectivity index (χ1n) is 8.17. The molecule has 0 aromatic heterocycles. The Balaban J connectivity index is 2.04. The molecule has 1 rings (SSSR count). The molecule has 0 aromatic rings. The minimum Gasteiger partial charge on any atom is -0.394 e. The van der Waals surface area contributed by atoms with Gasteiger partial charge in [-0.25, -0.2) is 0 Å². The first-order chi connectivity index (χ1) is 9.20. The van der Waals surface area contributed by atoms with Crippen LogP contribution >= 0.6 is 11.8 Å². The third-order valence-electron chi connectivity index (χ3n) is 4.18. The molecule has 114 valence electrons. The van der Waals surface area contributed by atoms with Crippen LogP contribution in [0.2, 0.25) is 0 Å². The zero-order valence-electron chi connectivity index (χ0n) is 12.9. The van der Waals surface area contributed by atoms with E-state index in [1.807, 2.05) is 0 Å². The molecule has 0 amide bonds. The van der Waals surface area contributed by atoms with Gasteiger partial charge in [0.1, 0.15) is 0 Å². The van der Waals surface area contributed by atoms with Gasteiger partial charge in [0.15, 0.2) is 0 Å². The summed E-state index contributed by atoms with van der Waals surface area (Å²) in [6.45, 7) is 5.58. The molecule has 19 heavy (non-hydrogen) atoms. The fraction of sp³-hybridized carbons (Fsp3) is 1.00. The number of hydrogen-bond acceptors (Lipinski definition) is 3. The van der Waals surface area contributed by atoms with E-state index in [2.05, 4.69) is 30.9 Å². The number of unbranched alkanes of at least 4 members (excludes halogenated alkanes) is 1. The first kappa shape index (κ1) is 17.3. The molecular weight excluding hydrogens is 254 g/mol. The average Bonchev–Trinajstić information content (AvgIpc) is 2.46. The van der Waals surface area contributed by atoms with Gasteiger partial charge >= 0.3 is 0 Å². The van der Waals surface area contributed by atoms with E-state index in [4.69, 9.17) is 0 Å². The molecule has 2 N–H and O–H groups in total. The van der Waals surface area contributed by atoms with E-state index in [9.17, 15) is 5.11 Å². The van der Waals surface area contributed by atoms with Crippen molar-refractivity contribution in [1.29, 1.82) is 0 Å². The van der Waals surface area contributed by atoms with Crippen LogP contribution in [0.3, 0.4) is 0 Å². The summed E-state index contributed by atoms with van der Waals surface area (Å²) in [6.07, 6.45) is 12.0. The minimum atomic E-state index is -0.0640. The van der Waals surface area contributed by atoms with Crippen molar-refractivity contribution >= 4 is 11.8 Å². The molecule has 2 nitrogen and oxygen atoms in total. The lowest BCUT2D eigenvalue weighted by atomic mass is 9.96. The monoisotopic (exact) mass is 287 g/mol. The second-order valence-electron chi connectivity index (χ2n) is 6.23. The highest BCUT2D eigenvalue weighted by atomic mass is 32.2. The van der Waals surface area contributed by atoms with Gasteiger partial charge in [-0.15, -0.1) is 0 Å². The second-order valence-corrected chi connectivity index (χ2v) is 7.64. The molecule has 0 heterocycles. The maximum atomic E-state index is 9.50. The molecule has 0 saturated heterocycles. The van der Waals surface area contributed by atoms with Crippen LogP contribution in [0.4, 0.5) is 0 Å². The molecule has 1 aliphatic carbocycles. The van der Waals surface area contributed by atoms with Crippen molar-refractivity contribution in [2.45, 2.75) is 82.4 Å². The van der Waals surface area contributed by atoms with E-state index in [0.717, 1.165) is 24.6 Å². The van der Waals surface area contributed by atoms with Gasteiger partial charge in [0.2, 0.25) is 0 Å². The van der Waals surface area contributed by atoms with Gasteiger partial charge in [-0.2, -0.15) is 11.8 Å². The Hall–Kier alpha value is 0.270. The normalized spacial score (nSPS) is 20.4. The average molecular weight is 288 g/mol. The molecule has 3 heteroatoms. The summed E-state index contributed by atoms with van der Waals surface area (Å²) in [5.41, 5.74) is -0.0640. The molecule has 1 saturated carbocycles. The van der Waals surface area contributed by atoms with Crippen molar-refractivity contribution in [1.82, 2.24) is 5.32 Å². The third kappa shape index (κ3) is 7.57. The van der Waals surface area contributed by atoms with E-state index in [0.29, 0.717) is 0 Å². The summed E-state index contributed by atoms with van der Waals surface area (Å²) in [4.78, 5) is 0. The van der Waals surface area contributed by atoms with Crippen LogP contribution in [0.5, 0.6) is 0 Å². The molecule has 1 fully saturated rings. The topological polar surface area (TPSA) is 32.3 Å². The highest BCUT2D eigenvalue weighted by Gasteiger charge is 2.21. The maximum Gasteiger partial charge on any atom is 0.0610 e. The largest absolute Gasteiger partial charge is 0.394 e. The zero-order chi connectivity index (χ0) is 14.0. The van der Waals surface area contributed by atoms with Crippen LogP contribution < -0.4 is 5.32 Å². The van der Waals surface area contributed by atoms with Crippen LogP contribution in [-0.4, -0.2) is 34.8 Å². The lowest BCUT2D eigenvalue weighted by Crippen LogP contribution is -2.46.